The highest BCUT2D eigenvalue weighted by Gasteiger charge is 2.24. The van der Waals surface area contributed by atoms with Crippen molar-refractivity contribution in [2.24, 2.45) is 0 Å². The average molecular weight is 488 g/mol. The second-order valence-electron chi connectivity index (χ2n) is 10.0. The summed E-state index contributed by atoms with van der Waals surface area (Å²) in [4.78, 5) is 27.3. The van der Waals surface area contributed by atoms with Crippen molar-refractivity contribution in [3.63, 3.8) is 0 Å². The summed E-state index contributed by atoms with van der Waals surface area (Å²) < 4.78 is 7.68. The number of rotatable bonds is 7. The maximum absolute atomic E-state index is 12.8. The molecule has 0 amide bonds. The first-order valence-electron chi connectivity index (χ1n) is 13.2. The molecule has 5 rings (SSSR count). The van der Waals surface area contributed by atoms with Gasteiger partial charge in [0.1, 0.15) is 11.3 Å². The lowest BCUT2D eigenvalue weighted by atomic mass is 10.0. The third kappa shape index (κ3) is 5.37. The molecule has 4 heterocycles. The molecule has 2 aliphatic heterocycles. The molecule has 36 heavy (non-hydrogen) atoms. The number of aromatic nitrogens is 3. The Labute approximate surface area is 213 Å². The van der Waals surface area contributed by atoms with Gasteiger partial charge in [0.05, 0.1) is 19.8 Å². The lowest BCUT2D eigenvalue weighted by Gasteiger charge is -2.39. The molecular weight excluding hydrogens is 450 g/mol. The van der Waals surface area contributed by atoms with E-state index in [9.17, 15) is 4.79 Å². The van der Waals surface area contributed by atoms with Gasteiger partial charge in [0.2, 0.25) is 0 Å². The van der Waals surface area contributed by atoms with Crippen molar-refractivity contribution < 1.29 is 9.53 Å². The Bertz CT molecular complexity index is 1230. The molecule has 2 saturated heterocycles. The number of hydrogen-bond donors (Lipinski definition) is 0. The molecule has 0 aliphatic carbocycles. The molecule has 1 aromatic carbocycles. The van der Waals surface area contributed by atoms with Gasteiger partial charge in [-0.3, -0.25) is 9.69 Å². The number of morpholine rings is 1. The predicted octanol–water partition coefficient (Wildman–Crippen LogP) is 4.15. The van der Waals surface area contributed by atoms with Gasteiger partial charge in [-0.25, -0.2) is 9.97 Å². The first kappa shape index (κ1) is 24.7. The third-order valence-corrected chi connectivity index (χ3v) is 7.49. The van der Waals surface area contributed by atoms with Crippen molar-refractivity contribution >= 4 is 16.9 Å². The van der Waals surface area contributed by atoms with Crippen LogP contribution in [0, 0.1) is 13.8 Å². The fourth-order valence-electron chi connectivity index (χ4n) is 5.45. The summed E-state index contributed by atoms with van der Waals surface area (Å²) in [7, 11) is 0. The zero-order chi connectivity index (χ0) is 25.1. The van der Waals surface area contributed by atoms with Gasteiger partial charge < -0.3 is 14.2 Å². The smallest absolute Gasteiger partial charge is 0.187 e. The molecule has 0 spiro atoms. The molecule has 3 aromatic rings. The molecule has 0 radical (unpaired) electrons. The topological polar surface area (TPSA) is 63.5 Å². The average Bonchev–Trinajstić information content (AvgIpc) is 3.26. The van der Waals surface area contributed by atoms with E-state index < -0.39 is 0 Å². The van der Waals surface area contributed by atoms with Crippen LogP contribution >= 0.6 is 0 Å². The number of imidazole rings is 1. The summed E-state index contributed by atoms with van der Waals surface area (Å²) >= 11 is 0. The summed E-state index contributed by atoms with van der Waals surface area (Å²) in [5.41, 5.74) is 5.92. The highest BCUT2D eigenvalue weighted by molar-refractivity contribution is 6.04. The summed E-state index contributed by atoms with van der Waals surface area (Å²) in [6.45, 7) is 12.7. The van der Waals surface area contributed by atoms with Gasteiger partial charge >= 0.3 is 0 Å². The highest BCUT2D eigenvalue weighted by atomic mass is 16.5. The normalized spacial score (nSPS) is 17.9. The maximum Gasteiger partial charge on any atom is 0.187 e. The van der Waals surface area contributed by atoms with E-state index in [-0.39, 0.29) is 5.78 Å². The number of allylic oxidation sites excluding steroid dienone is 1. The number of hydrogen-bond acceptors (Lipinski definition) is 6. The van der Waals surface area contributed by atoms with E-state index >= 15 is 0 Å². The van der Waals surface area contributed by atoms with Gasteiger partial charge in [0.25, 0.3) is 0 Å². The minimum Gasteiger partial charge on any atom is -0.379 e. The van der Waals surface area contributed by atoms with E-state index in [2.05, 4.69) is 34.3 Å². The van der Waals surface area contributed by atoms with Crippen LogP contribution in [0.3, 0.4) is 0 Å². The van der Waals surface area contributed by atoms with Crippen molar-refractivity contribution in [2.45, 2.75) is 52.6 Å². The van der Waals surface area contributed by atoms with Gasteiger partial charge in [0.15, 0.2) is 11.4 Å². The van der Waals surface area contributed by atoms with E-state index in [1.54, 1.807) is 6.08 Å². The molecule has 0 bridgehead atoms. The summed E-state index contributed by atoms with van der Waals surface area (Å²) in [5.74, 6) is 1.08. The van der Waals surface area contributed by atoms with Crippen LogP contribution in [-0.2, 0) is 17.7 Å². The SMILES string of the molecule is CCc1nc2c(C)cc(C)nc2n1Cc1ccc(C(=O)/C=C/N2CCC(N3CCOCC3)CC2)cc1. The lowest BCUT2D eigenvalue weighted by molar-refractivity contribution is 0.00422. The quantitative estimate of drug-likeness (QED) is 0.369. The molecule has 7 heteroatoms. The summed E-state index contributed by atoms with van der Waals surface area (Å²) in [6, 6.07) is 10.7. The lowest BCUT2D eigenvalue weighted by Crippen LogP contribution is -2.48. The van der Waals surface area contributed by atoms with Crippen LogP contribution in [-0.4, -0.2) is 75.6 Å². The predicted molar refractivity (Wildman–Crippen MR) is 142 cm³/mol. The first-order valence-corrected chi connectivity index (χ1v) is 13.2. The molecule has 2 fully saturated rings. The zero-order valence-electron chi connectivity index (χ0n) is 21.7. The number of ketones is 1. The monoisotopic (exact) mass is 487 g/mol. The third-order valence-electron chi connectivity index (χ3n) is 7.49. The number of piperidine rings is 1. The number of ether oxygens (including phenoxy) is 1. The molecule has 0 saturated carbocycles. The Kier molecular flexibility index (Phi) is 7.48. The Hall–Kier alpha value is -3.03. The van der Waals surface area contributed by atoms with Gasteiger partial charge in [-0.1, -0.05) is 31.2 Å². The Balaban J connectivity index is 1.20. The number of aryl methyl sites for hydroxylation is 3. The molecule has 0 unspecified atom stereocenters. The van der Waals surface area contributed by atoms with Crippen molar-refractivity contribution in [3.05, 3.63) is 70.8 Å². The summed E-state index contributed by atoms with van der Waals surface area (Å²) in [6.07, 6.45) is 6.83. The van der Waals surface area contributed by atoms with Crippen LogP contribution < -0.4 is 0 Å². The van der Waals surface area contributed by atoms with Crippen LogP contribution in [0.4, 0.5) is 0 Å². The largest absolute Gasteiger partial charge is 0.379 e. The van der Waals surface area contributed by atoms with Crippen LogP contribution in [0.1, 0.15) is 52.8 Å². The van der Waals surface area contributed by atoms with Gasteiger partial charge in [-0.2, -0.15) is 0 Å². The minimum absolute atomic E-state index is 0.0482. The summed E-state index contributed by atoms with van der Waals surface area (Å²) in [5, 5.41) is 0. The fraction of sp³-hybridized carbons (Fsp3) is 0.483. The second-order valence-corrected chi connectivity index (χ2v) is 10.0. The van der Waals surface area contributed by atoms with Gasteiger partial charge in [0, 0.05) is 62.2 Å². The number of carbonyl (C=O) groups excluding carboxylic acids is 1. The molecular formula is C29H37N5O2. The molecule has 0 atom stereocenters. The van der Waals surface area contributed by atoms with Crippen LogP contribution in [0.2, 0.25) is 0 Å². The Morgan fingerprint density at radius 3 is 2.47 bits per heavy atom. The molecule has 190 valence electrons. The van der Waals surface area contributed by atoms with Crippen molar-refractivity contribution in [3.8, 4) is 0 Å². The Morgan fingerprint density at radius 2 is 1.78 bits per heavy atom. The minimum atomic E-state index is 0.0482. The van der Waals surface area contributed by atoms with E-state index in [1.165, 1.54) is 0 Å². The van der Waals surface area contributed by atoms with E-state index in [0.29, 0.717) is 18.2 Å². The number of benzene rings is 1. The number of likely N-dealkylation sites (tertiary alicyclic amines) is 1. The van der Waals surface area contributed by atoms with E-state index in [0.717, 1.165) is 92.5 Å². The molecule has 0 N–H and O–H groups in total. The van der Waals surface area contributed by atoms with Crippen LogP contribution in [0.25, 0.3) is 11.2 Å². The van der Waals surface area contributed by atoms with Crippen LogP contribution in [0.5, 0.6) is 0 Å². The van der Waals surface area contributed by atoms with Crippen molar-refractivity contribution in [2.75, 3.05) is 39.4 Å². The number of nitrogens with zero attached hydrogens (tertiary/aromatic N) is 5. The van der Waals surface area contributed by atoms with Gasteiger partial charge in [-0.05, 0) is 43.9 Å². The van der Waals surface area contributed by atoms with Gasteiger partial charge in [-0.15, -0.1) is 0 Å². The number of carbonyl (C=O) groups is 1. The molecule has 7 nitrogen and oxygen atoms in total. The highest BCUT2D eigenvalue weighted by Crippen LogP contribution is 2.22. The Morgan fingerprint density at radius 1 is 1.06 bits per heavy atom. The van der Waals surface area contributed by atoms with E-state index in [1.807, 2.05) is 37.4 Å². The molecule has 2 aromatic heterocycles. The standard InChI is InChI=1S/C29H37N5O2/c1-4-27-31-28-21(2)19-22(3)30-29(28)34(27)20-23-5-7-24(8-6-23)26(35)11-14-32-12-9-25(10-13-32)33-15-17-36-18-16-33/h5-8,11,14,19,25H,4,9-10,12-13,15-18,20H2,1-3H3/b14-11+. The fourth-order valence-corrected chi connectivity index (χ4v) is 5.45. The first-order chi connectivity index (χ1) is 17.5. The number of pyridine rings is 1. The molecule has 2 aliphatic rings. The number of fused-ring (bicyclic) bond motifs is 1. The van der Waals surface area contributed by atoms with Crippen molar-refractivity contribution in [1.29, 1.82) is 0 Å². The van der Waals surface area contributed by atoms with Crippen molar-refractivity contribution in [1.82, 2.24) is 24.3 Å². The van der Waals surface area contributed by atoms with E-state index in [4.69, 9.17) is 14.7 Å². The maximum atomic E-state index is 12.8. The zero-order valence-corrected chi connectivity index (χ0v) is 21.7. The second kappa shape index (κ2) is 10.9. The van der Waals surface area contributed by atoms with Crippen LogP contribution in [0.15, 0.2) is 42.6 Å².